The summed E-state index contributed by atoms with van der Waals surface area (Å²) < 4.78 is 0. The van der Waals surface area contributed by atoms with E-state index in [1.807, 2.05) is 0 Å². The fourth-order valence-electron chi connectivity index (χ4n) is 5.59. The van der Waals surface area contributed by atoms with Crippen molar-refractivity contribution in [2.45, 2.75) is 66.7 Å². The second-order valence-electron chi connectivity index (χ2n) is 8.92. The first kappa shape index (κ1) is 15.2. The van der Waals surface area contributed by atoms with E-state index in [0.29, 0.717) is 11.7 Å². The van der Waals surface area contributed by atoms with Gasteiger partial charge in [-0.2, -0.15) is 0 Å². The Morgan fingerprint density at radius 2 is 1.86 bits per heavy atom. The van der Waals surface area contributed by atoms with Crippen LogP contribution >= 0.6 is 0 Å². The zero-order valence-corrected chi connectivity index (χ0v) is 14.4. The van der Waals surface area contributed by atoms with Crippen molar-refractivity contribution in [1.82, 2.24) is 0 Å². The highest BCUT2D eigenvalue weighted by atomic mass is 16.3. The topological polar surface area (TPSA) is 20.2 Å². The summed E-state index contributed by atoms with van der Waals surface area (Å²) in [6.07, 6.45) is 10.8. The molecule has 1 saturated carbocycles. The first-order valence-electron chi connectivity index (χ1n) is 8.87. The van der Waals surface area contributed by atoms with E-state index in [-0.39, 0.29) is 10.8 Å². The zero-order chi connectivity index (χ0) is 15.4. The van der Waals surface area contributed by atoms with Crippen LogP contribution in [-0.2, 0) is 0 Å². The highest BCUT2D eigenvalue weighted by molar-refractivity contribution is 5.38. The number of hydrogen-bond donors (Lipinski definition) is 1. The van der Waals surface area contributed by atoms with Crippen LogP contribution in [0.25, 0.3) is 0 Å². The Kier molecular flexibility index (Phi) is 3.54. The van der Waals surface area contributed by atoms with Gasteiger partial charge in [0.1, 0.15) is 0 Å². The molecule has 1 fully saturated rings. The van der Waals surface area contributed by atoms with Gasteiger partial charge in [0, 0.05) is 5.41 Å². The molecule has 0 saturated heterocycles. The van der Waals surface area contributed by atoms with Crippen molar-refractivity contribution in [2.24, 2.45) is 34.5 Å². The van der Waals surface area contributed by atoms with Crippen LogP contribution in [0.5, 0.6) is 0 Å². The third-order valence-electron chi connectivity index (χ3n) is 6.96. The summed E-state index contributed by atoms with van der Waals surface area (Å²) in [4.78, 5) is 0. The number of allylic oxidation sites excluding steroid dienone is 3. The molecule has 0 aromatic carbocycles. The minimum Gasteiger partial charge on any atom is -0.512 e. The number of aliphatic hydroxyl groups is 1. The normalized spacial score (nSPS) is 41.9. The molecule has 3 aliphatic carbocycles. The summed E-state index contributed by atoms with van der Waals surface area (Å²) in [5, 5.41) is 10.7. The molecule has 3 rings (SSSR count). The predicted octanol–water partition coefficient (Wildman–Crippen LogP) is 5.88. The maximum Gasteiger partial charge on any atom is 0.0985 e. The van der Waals surface area contributed by atoms with E-state index in [1.54, 1.807) is 0 Å². The number of aliphatic hydroxyl groups excluding tert-OH is 1. The highest BCUT2D eigenvalue weighted by Gasteiger charge is 2.53. The molecule has 0 radical (unpaired) electrons. The lowest BCUT2D eigenvalue weighted by atomic mass is 9.49. The molecule has 4 atom stereocenters. The van der Waals surface area contributed by atoms with Crippen LogP contribution < -0.4 is 0 Å². The van der Waals surface area contributed by atoms with E-state index < -0.39 is 0 Å². The lowest BCUT2D eigenvalue weighted by molar-refractivity contribution is 0.0318. The number of fused-ring (bicyclic) bond motifs is 3. The molecule has 0 spiro atoms. The van der Waals surface area contributed by atoms with Gasteiger partial charge in [-0.3, -0.25) is 0 Å². The largest absolute Gasteiger partial charge is 0.512 e. The molecule has 0 aromatic heterocycles. The second kappa shape index (κ2) is 4.89. The van der Waals surface area contributed by atoms with Crippen LogP contribution in [0.1, 0.15) is 66.7 Å². The smallest absolute Gasteiger partial charge is 0.0985 e. The Hall–Kier alpha value is -0.720. The molecule has 118 valence electrons. The summed E-state index contributed by atoms with van der Waals surface area (Å²) in [5.41, 5.74) is 1.63. The van der Waals surface area contributed by atoms with Gasteiger partial charge in [0.25, 0.3) is 0 Å². The van der Waals surface area contributed by atoms with Gasteiger partial charge in [-0.25, -0.2) is 0 Å². The monoisotopic (exact) mass is 288 g/mol. The maximum absolute atomic E-state index is 10.7. The second-order valence-corrected chi connectivity index (χ2v) is 8.92. The Labute approximate surface area is 130 Å². The third-order valence-corrected chi connectivity index (χ3v) is 6.96. The van der Waals surface area contributed by atoms with Crippen LogP contribution in [0.15, 0.2) is 23.5 Å². The minimum absolute atomic E-state index is 0.0907. The van der Waals surface area contributed by atoms with Gasteiger partial charge in [0.05, 0.1) is 5.76 Å². The first-order valence-corrected chi connectivity index (χ1v) is 8.87. The van der Waals surface area contributed by atoms with Gasteiger partial charge in [0.2, 0.25) is 0 Å². The molecule has 1 nitrogen and oxygen atoms in total. The molecular formula is C20H32O. The molecule has 0 heterocycles. The average molecular weight is 288 g/mol. The summed E-state index contributed by atoms with van der Waals surface area (Å²) in [6, 6.07) is 0. The van der Waals surface area contributed by atoms with Crippen LogP contribution in [0.4, 0.5) is 0 Å². The Balaban J connectivity index is 1.97. The summed E-state index contributed by atoms with van der Waals surface area (Å²) in [6.45, 7) is 11.8. The van der Waals surface area contributed by atoms with Crippen molar-refractivity contribution in [1.29, 1.82) is 0 Å². The molecular weight excluding hydrogens is 256 g/mol. The standard InChI is InChI=1S/C20H32O/c1-13(2)14-6-8-16-15(12-14)7-9-17-19(3,4)11-10-18(21)20(16,17)5/h9-10,13-16,21H,6-8,11-12H2,1-5H3/t14-,15-,16-,20+/m0/s1. The van der Waals surface area contributed by atoms with Crippen molar-refractivity contribution < 1.29 is 5.11 Å². The molecule has 1 heteroatoms. The van der Waals surface area contributed by atoms with E-state index in [0.717, 1.165) is 24.2 Å². The third kappa shape index (κ3) is 2.19. The fourth-order valence-corrected chi connectivity index (χ4v) is 5.59. The molecule has 21 heavy (non-hydrogen) atoms. The quantitative estimate of drug-likeness (QED) is 0.597. The van der Waals surface area contributed by atoms with Crippen molar-refractivity contribution in [3.05, 3.63) is 23.5 Å². The molecule has 0 aliphatic heterocycles. The van der Waals surface area contributed by atoms with Crippen molar-refractivity contribution in [2.75, 3.05) is 0 Å². The van der Waals surface area contributed by atoms with Crippen LogP contribution in [0.2, 0.25) is 0 Å². The van der Waals surface area contributed by atoms with Gasteiger partial charge in [-0.1, -0.05) is 39.3 Å². The van der Waals surface area contributed by atoms with Gasteiger partial charge >= 0.3 is 0 Å². The SMILES string of the molecule is CC(C)[C@H]1CC[C@H]2[C@@H](CC=C3C(C)(C)CC=C(O)[C@@]32C)C1. The van der Waals surface area contributed by atoms with Crippen LogP contribution in [0, 0.1) is 34.5 Å². The number of rotatable bonds is 1. The molecule has 0 aromatic rings. The van der Waals surface area contributed by atoms with Crippen molar-refractivity contribution in [3.8, 4) is 0 Å². The molecule has 1 N–H and O–H groups in total. The van der Waals surface area contributed by atoms with Crippen molar-refractivity contribution >= 4 is 0 Å². The predicted molar refractivity (Wildman–Crippen MR) is 89.1 cm³/mol. The zero-order valence-electron chi connectivity index (χ0n) is 14.4. The van der Waals surface area contributed by atoms with Gasteiger partial charge in [-0.15, -0.1) is 0 Å². The van der Waals surface area contributed by atoms with Gasteiger partial charge < -0.3 is 5.11 Å². The average Bonchev–Trinajstić information content (AvgIpc) is 2.43. The molecule has 0 amide bonds. The van der Waals surface area contributed by atoms with Crippen molar-refractivity contribution in [3.63, 3.8) is 0 Å². The van der Waals surface area contributed by atoms with Gasteiger partial charge in [0.15, 0.2) is 0 Å². The summed E-state index contributed by atoms with van der Waals surface area (Å²) >= 11 is 0. The highest BCUT2D eigenvalue weighted by Crippen LogP contribution is 2.61. The summed E-state index contributed by atoms with van der Waals surface area (Å²) in [5.74, 6) is 3.75. The van der Waals surface area contributed by atoms with E-state index in [4.69, 9.17) is 0 Å². The molecule has 0 unspecified atom stereocenters. The Bertz CT molecular complexity index is 482. The molecule has 0 bridgehead atoms. The van der Waals surface area contributed by atoms with E-state index in [1.165, 1.54) is 31.3 Å². The van der Waals surface area contributed by atoms with E-state index >= 15 is 0 Å². The van der Waals surface area contributed by atoms with Gasteiger partial charge in [-0.05, 0) is 74.2 Å². The summed E-state index contributed by atoms with van der Waals surface area (Å²) in [7, 11) is 0. The van der Waals surface area contributed by atoms with Crippen LogP contribution in [-0.4, -0.2) is 5.11 Å². The first-order chi connectivity index (χ1) is 9.76. The lowest BCUT2D eigenvalue weighted by Crippen LogP contribution is -2.47. The fraction of sp³-hybridized carbons (Fsp3) is 0.800. The minimum atomic E-state index is -0.0907. The van der Waals surface area contributed by atoms with E-state index in [2.05, 4.69) is 46.8 Å². The number of hydrogen-bond acceptors (Lipinski definition) is 1. The van der Waals surface area contributed by atoms with E-state index in [9.17, 15) is 5.11 Å². The maximum atomic E-state index is 10.7. The van der Waals surface area contributed by atoms with Crippen LogP contribution in [0.3, 0.4) is 0 Å². The Morgan fingerprint density at radius 1 is 1.14 bits per heavy atom. The Morgan fingerprint density at radius 3 is 2.52 bits per heavy atom. The lowest BCUT2D eigenvalue weighted by Gasteiger charge is -2.55. The molecule has 3 aliphatic rings.